The molecule has 2 heterocycles. The first-order valence-corrected chi connectivity index (χ1v) is 6.92. The van der Waals surface area contributed by atoms with Gasteiger partial charge >= 0.3 is 0 Å². The van der Waals surface area contributed by atoms with E-state index in [0.29, 0.717) is 17.4 Å². The number of hydrogen-bond donors (Lipinski definition) is 3. The van der Waals surface area contributed by atoms with Crippen LogP contribution in [0.1, 0.15) is 30.0 Å². The number of nitrogens with zero attached hydrogens (tertiary/aromatic N) is 2. The number of rotatable bonds is 4. The third-order valence-corrected chi connectivity index (χ3v) is 3.20. The van der Waals surface area contributed by atoms with E-state index in [1.165, 1.54) is 0 Å². The van der Waals surface area contributed by atoms with Gasteiger partial charge in [-0.3, -0.25) is 15.2 Å². The maximum absolute atomic E-state index is 12.3. The number of aromatic nitrogens is 4. The van der Waals surface area contributed by atoms with Crippen LogP contribution in [-0.4, -0.2) is 26.1 Å². The first-order valence-electron chi connectivity index (χ1n) is 6.92. The number of H-pyrrole nitrogens is 2. The molecule has 0 spiro atoms. The fourth-order valence-electron chi connectivity index (χ4n) is 2.28. The molecular formula is C15H17N5O. The highest BCUT2D eigenvalue weighted by molar-refractivity contribution is 6.11. The van der Waals surface area contributed by atoms with E-state index in [4.69, 9.17) is 0 Å². The number of aromatic amines is 2. The highest BCUT2D eigenvalue weighted by Crippen LogP contribution is 2.18. The molecule has 0 bridgehead atoms. The van der Waals surface area contributed by atoms with Crippen LogP contribution < -0.4 is 5.32 Å². The summed E-state index contributed by atoms with van der Waals surface area (Å²) in [5.41, 5.74) is 1.53. The van der Waals surface area contributed by atoms with E-state index in [-0.39, 0.29) is 5.91 Å². The minimum Gasteiger partial charge on any atom is -0.361 e. The van der Waals surface area contributed by atoms with Gasteiger partial charge in [-0.25, -0.2) is 0 Å². The van der Waals surface area contributed by atoms with Crippen LogP contribution in [-0.2, 0) is 6.42 Å². The largest absolute Gasteiger partial charge is 0.361 e. The average Bonchev–Trinajstić information content (AvgIpc) is 3.06. The van der Waals surface area contributed by atoms with Gasteiger partial charge in [0.05, 0.1) is 0 Å². The standard InChI is InChI=1S/C15H17N5O/c1-9(2)8-13-17-15(20-19-13)18-14(21)11-4-3-5-12-10(11)6-7-16-12/h3-7,9,16H,8H2,1-2H3,(H2,17,18,19,20,21). The molecule has 2 aromatic heterocycles. The number of fused-ring (bicyclic) bond motifs is 1. The fraction of sp³-hybridized carbons (Fsp3) is 0.267. The highest BCUT2D eigenvalue weighted by Gasteiger charge is 2.13. The van der Waals surface area contributed by atoms with Gasteiger partial charge in [0.1, 0.15) is 5.82 Å². The summed E-state index contributed by atoms with van der Waals surface area (Å²) in [6.45, 7) is 4.21. The molecule has 0 aliphatic heterocycles. The predicted octanol–water partition coefficient (Wildman–Crippen LogP) is 2.74. The van der Waals surface area contributed by atoms with Crippen molar-refractivity contribution >= 4 is 22.8 Å². The molecule has 0 aliphatic rings. The Labute approximate surface area is 122 Å². The number of nitrogens with one attached hydrogen (secondary N) is 3. The summed E-state index contributed by atoms with van der Waals surface area (Å²) in [5, 5.41) is 10.5. The maximum atomic E-state index is 12.3. The minimum absolute atomic E-state index is 0.213. The lowest BCUT2D eigenvalue weighted by Gasteiger charge is -2.02. The molecule has 108 valence electrons. The van der Waals surface area contributed by atoms with Crippen LogP contribution in [0, 0.1) is 5.92 Å². The lowest BCUT2D eigenvalue weighted by Crippen LogP contribution is -2.13. The van der Waals surface area contributed by atoms with Crippen molar-refractivity contribution in [1.82, 2.24) is 20.2 Å². The van der Waals surface area contributed by atoms with Gasteiger partial charge in [0.25, 0.3) is 5.91 Å². The number of amides is 1. The first kappa shape index (κ1) is 13.4. The number of anilines is 1. The van der Waals surface area contributed by atoms with E-state index < -0.39 is 0 Å². The van der Waals surface area contributed by atoms with E-state index >= 15 is 0 Å². The maximum Gasteiger partial charge on any atom is 0.258 e. The lowest BCUT2D eigenvalue weighted by molar-refractivity contribution is 0.102. The van der Waals surface area contributed by atoms with Gasteiger partial charge in [0, 0.05) is 29.1 Å². The molecule has 3 rings (SSSR count). The van der Waals surface area contributed by atoms with Crippen molar-refractivity contribution in [2.75, 3.05) is 5.32 Å². The van der Waals surface area contributed by atoms with Gasteiger partial charge in [0.15, 0.2) is 0 Å². The molecule has 3 N–H and O–H groups in total. The van der Waals surface area contributed by atoms with Crippen LogP contribution in [0.2, 0.25) is 0 Å². The summed E-state index contributed by atoms with van der Waals surface area (Å²) in [7, 11) is 0. The van der Waals surface area contributed by atoms with Crippen LogP contribution in [0.25, 0.3) is 10.9 Å². The Morgan fingerprint density at radius 1 is 1.33 bits per heavy atom. The Kier molecular flexibility index (Phi) is 3.43. The van der Waals surface area contributed by atoms with Gasteiger partial charge in [-0.15, -0.1) is 5.10 Å². The summed E-state index contributed by atoms with van der Waals surface area (Å²) in [5.74, 6) is 1.36. The molecule has 6 heteroatoms. The molecule has 0 saturated heterocycles. The van der Waals surface area contributed by atoms with Crippen molar-refractivity contribution in [3.05, 3.63) is 41.9 Å². The number of carbonyl (C=O) groups is 1. The molecule has 6 nitrogen and oxygen atoms in total. The lowest BCUT2D eigenvalue weighted by atomic mass is 10.1. The SMILES string of the molecule is CC(C)Cc1nc(NC(=O)c2cccc3[nH]ccc23)n[nH]1. The van der Waals surface area contributed by atoms with E-state index in [2.05, 4.69) is 39.3 Å². The van der Waals surface area contributed by atoms with Crippen LogP contribution >= 0.6 is 0 Å². The average molecular weight is 283 g/mol. The van der Waals surface area contributed by atoms with Gasteiger partial charge in [0.2, 0.25) is 5.95 Å². The first-order chi connectivity index (χ1) is 10.1. The molecule has 0 atom stereocenters. The second-order valence-corrected chi connectivity index (χ2v) is 5.40. The second kappa shape index (κ2) is 5.40. The van der Waals surface area contributed by atoms with Crippen LogP contribution in [0.5, 0.6) is 0 Å². The zero-order chi connectivity index (χ0) is 14.8. The smallest absolute Gasteiger partial charge is 0.258 e. The molecule has 21 heavy (non-hydrogen) atoms. The summed E-state index contributed by atoms with van der Waals surface area (Å²) >= 11 is 0. The molecule has 1 aromatic carbocycles. The van der Waals surface area contributed by atoms with E-state index in [1.54, 1.807) is 6.07 Å². The molecule has 1 amide bonds. The van der Waals surface area contributed by atoms with Crippen molar-refractivity contribution in [3.8, 4) is 0 Å². The molecule has 3 aromatic rings. The van der Waals surface area contributed by atoms with Gasteiger partial charge in [-0.05, 0) is 24.1 Å². The van der Waals surface area contributed by atoms with Gasteiger partial charge in [-0.2, -0.15) is 4.98 Å². The molecule has 0 fully saturated rings. The highest BCUT2D eigenvalue weighted by atomic mass is 16.1. The van der Waals surface area contributed by atoms with E-state index in [9.17, 15) is 4.79 Å². The van der Waals surface area contributed by atoms with Crippen molar-refractivity contribution in [2.24, 2.45) is 5.92 Å². The Balaban J connectivity index is 1.80. The molecule has 0 aliphatic carbocycles. The molecule has 0 unspecified atom stereocenters. The quantitative estimate of drug-likeness (QED) is 0.688. The summed E-state index contributed by atoms with van der Waals surface area (Å²) in [6.07, 6.45) is 2.62. The number of hydrogen-bond acceptors (Lipinski definition) is 3. The van der Waals surface area contributed by atoms with Crippen molar-refractivity contribution in [3.63, 3.8) is 0 Å². The Morgan fingerprint density at radius 3 is 3.00 bits per heavy atom. The van der Waals surface area contributed by atoms with Crippen LogP contribution in [0.3, 0.4) is 0 Å². The Morgan fingerprint density at radius 2 is 2.19 bits per heavy atom. The Hall–Kier alpha value is -2.63. The molecular weight excluding hydrogens is 266 g/mol. The van der Waals surface area contributed by atoms with Crippen molar-refractivity contribution < 1.29 is 4.79 Å². The second-order valence-electron chi connectivity index (χ2n) is 5.40. The zero-order valence-corrected chi connectivity index (χ0v) is 12.0. The fourth-order valence-corrected chi connectivity index (χ4v) is 2.28. The third-order valence-electron chi connectivity index (χ3n) is 3.20. The van der Waals surface area contributed by atoms with Crippen LogP contribution in [0.4, 0.5) is 5.95 Å². The molecule has 0 radical (unpaired) electrons. The van der Waals surface area contributed by atoms with Gasteiger partial charge < -0.3 is 4.98 Å². The predicted molar refractivity (Wildman–Crippen MR) is 81.2 cm³/mol. The normalized spacial score (nSPS) is 11.2. The van der Waals surface area contributed by atoms with Crippen molar-refractivity contribution in [2.45, 2.75) is 20.3 Å². The summed E-state index contributed by atoms with van der Waals surface area (Å²) in [6, 6.07) is 7.44. The number of carbonyl (C=O) groups excluding carboxylic acids is 1. The Bertz CT molecular complexity index is 771. The summed E-state index contributed by atoms with van der Waals surface area (Å²) in [4.78, 5) is 19.7. The van der Waals surface area contributed by atoms with Gasteiger partial charge in [-0.1, -0.05) is 19.9 Å². The van der Waals surface area contributed by atoms with Crippen molar-refractivity contribution in [1.29, 1.82) is 0 Å². The van der Waals surface area contributed by atoms with Crippen LogP contribution in [0.15, 0.2) is 30.5 Å². The monoisotopic (exact) mass is 283 g/mol. The van der Waals surface area contributed by atoms with E-state index in [0.717, 1.165) is 23.1 Å². The molecule has 0 saturated carbocycles. The summed E-state index contributed by atoms with van der Waals surface area (Å²) < 4.78 is 0. The minimum atomic E-state index is -0.213. The number of benzene rings is 1. The zero-order valence-electron chi connectivity index (χ0n) is 12.0. The topological polar surface area (TPSA) is 86.5 Å². The van der Waals surface area contributed by atoms with E-state index in [1.807, 2.05) is 24.4 Å². The third kappa shape index (κ3) is 2.79.